The summed E-state index contributed by atoms with van der Waals surface area (Å²) in [6.45, 7) is 0. The van der Waals surface area contributed by atoms with Gasteiger partial charge in [-0.05, 0) is 18.2 Å². The fourth-order valence-electron chi connectivity index (χ4n) is 2.55. The third kappa shape index (κ3) is 1.65. The highest BCUT2D eigenvalue weighted by Gasteiger charge is 2.11. The van der Waals surface area contributed by atoms with E-state index in [0.717, 1.165) is 28.9 Å². The van der Waals surface area contributed by atoms with Crippen LogP contribution in [0.15, 0.2) is 69.7 Å². The predicted molar refractivity (Wildman–Crippen MR) is 75.2 cm³/mol. The Morgan fingerprint density at radius 3 is 2.58 bits per heavy atom. The molecule has 2 nitrogen and oxygen atoms in total. The lowest BCUT2D eigenvalue weighted by atomic mass is 10.1. The molecule has 19 heavy (non-hydrogen) atoms. The lowest BCUT2D eigenvalue weighted by molar-refractivity contribution is 0.520. The van der Waals surface area contributed by atoms with Crippen molar-refractivity contribution in [1.29, 1.82) is 0 Å². The molecule has 0 unspecified atom stereocenters. The van der Waals surface area contributed by atoms with Gasteiger partial charge in [-0.2, -0.15) is 0 Å². The molecule has 4 rings (SSSR count). The van der Waals surface area contributed by atoms with E-state index >= 15 is 0 Å². The Kier molecular flexibility index (Phi) is 2.21. The van der Waals surface area contributed by atoms with E-state index in [1.54, 1.807) is 6.26 Å². The molecule has 0 saturated carbocycles. The number of rotatable bonds is 2. The summed E-state index contributed by atoms with van der Waals surface area (Å²) in [5.74, 6) is 0.952. The summed E-state index contributed by atoms with van der Waals surface area (Å²) in [6, 6.07) is 18.3. The van der Waals surface area contributed by atoms with Crippen LogP contribution in [0.4, 0.5) is 0 Å². The summed E-state index contributed by atoms with van der Waals surface area (Å²) in [7, 11) is 0. The van der Waals surface area contributed by atoms with Gasteiger partial charge in [0, 0.05) is 22.8 Å². The van der Waals surface area contributed by atoms with Crippen molar-refractivity contribution in [1.82, 2.24) is 0 Å². The van der Waals surface area contributed by atoms with Gasteiger partial charge >= 0.3 is 0 Å². The second-order valence-corrected chi connectivity index (χ2v) is 4.65. The second kappa shape index (κ2) is 4.02. The van der Waals surface area contributed by atoms with Crippen LogP contribution in [0.1, 0.15) is 11.3 Å². The van der Waals surface area contributed by atoms with E-state index in [1.165, 1.54) is 10.8 Å². The van der Waals surface area contributed by atoms with Crippen LogP contribution in [-0.4, -0.2) is 0 Å². The summed E-state index contributed by atoms with van der Waals surface area (Å²) in [5, 5.41) is 2.33. The number of hydrogen-bond donors (Lipinski definition) is 0. The zero-order valence-electron chi connectivity index (χ0n) is 10.3. The van der Waals surface area contributed by atoms with Gasteiger partial charge in [0.05, 0.1) is 6.26 Å². The highest BCUT2D eigenvalue weighted by atomic mass is 16.3. The topological polar surface area (TPSA) is 26.3 Å². The van der Waals surface area contributed by atoms with Gasteiger partial charge in [-0.3, -0.25) is 0 Å². The van der Waals surface area contributed by atoms with Crippen molar-refractivity contribution in [2.24, 2.45) is 0 Å². The average Bonchev–Trinajstić information content (AvgIpc) is 3.06. The van der Waals surface area contributed by atoms with Crippen molar-refractivity contribution in [3.8, 4) is 0 Å². The van der Waals surface area contributed by atoms with E-state index in [0.29, 0.717) is 0 Å². The highest BCUT2D eigenvalue weighted by Crippen LogP contribution is 2.31. The van der Waals surface area contributed by atoms with Gasteiger partial charge in [0.1, 0.15) is 16.9 Å². The van der Waals surface area contributed by atoms with Crippen LogP contribution in [0.25, 0.3) is 21.9 Å². The zero-order valence-corrected chi connectivity index (χ0v) is 10.3. The van der Waals surface area contributed by atoms with Gasteiger partial charge in [-0.25, -0.2) is 0 Å². The molecule has 0 aliphatic heterocycles. The normalized spacial score (nSPS) is 11.4. The van der Waals surface area contributed by atoms with Crippen LogP contribution in [-0.2, 0) is 6.42 Å². The SMILES string of the molecule is c1coc(Cc2cccc3c2oc2ccccc23)c1. The van der Waals surface area contributed by atoms with Gasteiger partial charge in [-0.1, -0.05) is 36.4 Å². The van der Waals surface area contributed by atoms with Crippen LogP contribution < -0.4 is 0 Å². The molecule has 2 aromatic heterocycles. The van der Waals surface area contributed by atoms with Crippen LogP contribution >= 0.6 is 0 Å². The largest absolute Gasteiger partial charge is 0.469 e. The maximum absolute atomic E-state index is 5.99. The van der Waals surface area contributed by atoms with E-state index < -0.39 is 0 Å². The lowest BCUT2D eigenvalue weighted by Gasteiger charge is -1.99. The molecule has 2 heteroatoms. The Hall–Kier alpha value is -2.48. The maximum Gasteiger partial charge on any atom is 0.139 e. The maximum atomic E-state index is 5.99. The highest BCUT2D eigenvalue weighted by molar-refractivity contribution is 6.05. The van der Waals surface area contributed by atoms with Gasteiger partial charge in [0.2, 0.25) is 0 Å². The quantitative estimate of drug-likeness (QED) is 0.510. The zero-order chi connectivity index (χ0) is 12.7. The van der Waals surface area contributed by atoms with Crippen molar-refractivity contribution < 1.29 is 8.83 Å². The number of furan rings is 2. The molecule has 2 heterocycles. The van der Waals surface area contributed by atoms with Crippen LogP contribution in [0.3, 0.4) is 0 Å². The first-order chi connectivity index (χ1) is 9.42. The number of fused-ring (bicyclic) bond motifs is 3. The van der Waals surface area contributed by atoms with Crippen molar-refractivity contribution in [3.63, 3.8) is 0 Å². The molecule has 0 fully saturated rings. The minimum Gasteiger partial charge on any atom is -0.469 e. The average molecular weight is 248 g/mol. The van der Waals surface area contributed by atoms with Gasteiger partial charge in [-0.15, -0.1) is 0 Å². The molecule has 0 aliphatic rings. The second-order valence-electron chi connectivity index (χ2n) is 4.65. The molecule has 0 N–H and O–H groups in total. The van der Waals surface area contributed by atoms with Gasteiger partial charge in [0.25, 0.3) is 0 Å². The summed E-state index contributed by atoms with van der Waals surface area (Å²) >= 11 is 0. The van der Waals surface area contributed by atoms with E-state index in [1.807, 2.05) is 30.3 Å². The first-order valence-electron chi connectivity index (χ1n) is 6.33. The summed E-state index contributed by atoms with van der Waals surface area (Å²) in [5.41, 5.74) is 3.05. The van der Waals surface area contributed by atoms with Crippen LogP contribution in [0.5, 0.6) is 0 Å². The van der Waals surface area contributed by atoms with Crippen molar-refractivity contribution in [2.75, 3.05) is 0 Å². The van der Waals surface area contributed by atoms with Crippen molar-refractivity contribution in [2.45, 2.75) is 6.42 Å². The summed E-state index contributed by atoms with van der Waals surface area (Å²) in [6.07, 6.45) is 2.46. The third-order valence-electron chi connectivity index (χ3n) is 3.43. The fourth-order valence-corrected chi connectivity index (χ4v) is 2.55. The van der Waals surface area contributed by atoms with E-state index in [4.69, 9.17) is 8.83 Å². The van der Waals surface area contributed by atoms with Crippen molar-refractivity contribution in [3.05, 3.63) is 72.2 Å². The van der Waals surface area contributed by atoms with E-state index in [2.05, 4.69) is 24.3 Å². The minimum absolute atomic E-state index is 0.754. The molecule has 0 atom stereocenters. The molecule has 0 bridgehead atoms. The summed E-state index contributed by atoms with van der Waals surface area (Å²) < 4.78 is 11.4. The van der Waals surface area contributed by atoms with Crippen LogP contribution in [0.2, 0.25) is 0 Å². The smallest absolute Gasteiger partial charge is 0.139 e. The molecule has 4 aromatic rings. The Morgan fingerprint density at radius 1 is 0.789 bits per heavy atom. The van der Waals surface area contributed by atoms with Gasteiger partial charge < -0.3 is 8.83 Å². The molecule has 0 amide bonds. The third-order valence-corrected chi connectivity index (χ3v) is 3.43. The Morgan fingerprint density at radius 2 is 1.68 bits per heavy atom. The Labute approximate surface area is 110 Å². The van der Waals surface area contributed by atoms with Crippen LogP contribution in [0, 0.1) is 0 Å². The lowest BCUT2D eigenvalue weighted by Crippen LogP contribution is -1.85. The first kappa shape index (κ1) is 10.4. The standard InChI is InChI=1S/C17H12O2/c1-2-9-16-14(7-1)15-8-3-5-12(17(15)19-16)11-13-6-4-10-18-13/h1-10H,11H2. The predicted octanol–water partition coefficient (Wildman–Crippen LogP) is 4.77. The minimum atomic E-state index is 0.754. The molecule has 0 aliphatic carbocycles. The number of hydrogen-bond acceptors (Lipinski definition) is 2. The molecule has 92 valence electrons. The molecular weight excluding hydrogens is 236 g/mol. The molecule has 2 aromatic carbocycles. The first-order valence-corrected chi connectivity index (χ1v) is 6.33. The molecular formula is C17H12O2. The summed E-state index contributed by atoms with van der Waals surface area (Å²) in [4.78, 5) is 0. The molecule has 0 radical (unpaired) electrons. The fraction of sp³-hybridized carbons (Fsp3) is 0.0588. The van der Waals surface area contributed by atoms with Gasteiger partial charge in [0.15, 0.2) is 0 Å². The van der Waals surface area contributed by atoms with Crippen molar-refractivity contribution >= 4 is 21.9 Å². The molecule has 0 spiro atoms. The van der Waals surface area contributed by atoms with E-state index in [-0.39, 0.29) is 0 Å². The monoisotopic (exact) mass is 248 g/mol. The van der Waals surface area contributed by atoms with E-state index in [9.17, 15) is 0 Å². The number of benzene rings is 2. The Bertz CT molecular complexity index is 838. The molecule has 0 saturated heterocycles. The number of para-hydroxylation sites is 2. The Balaban J connectivity index is 1.96.